The first-order valence-electron chi connectivity index (χ1n) is 12.1. The van der Waals surface area contributed by atoms with Crippen molar-refractivity contribution in [2.75, 3.05) is 4.90 Å². The molecule has 1 aliphatic heterocycles. The standard InChI is InChI=1S/C31H29N3O/c1-18-16-23(31(4,5)6)17-19(2)27(18)34-28-24(12-11-21-9-7-13-32-25(21)28)35-30-20(3)15-22-10-8-14-33-26(22)29(30)34/h7-17H,1-6H3. The van der Waals surface area contributed by atoms with Gasteiger partial charge in [0.05, 0.1) is 16.7 Å². The normalized spacial score (nSPS) is 13.0. The summed E-state index contributed by atoms with van der Waals surface area (Å²) in [5.41, 5.74) is 9.83. The van der Waals surface area contributed by atoms with E-state index in [2.05, 4.69) is 88.9 Å². The van der Waals surface area contributed by atoms with Crippen LogP contribution in [0.15, 0.2) is 67.0 Å². The third kappa shape index (κ3) is 3.28. The Hall–Kier alpha value is -3.92. The van der Waals surface area contributed by atoms with E-state index in [4.69, 9.17) is 14.7 Å². The van der Waals surface area contributed by atoms with E-state index >= 15 is 0 Å². The maximum atomic E-state index is 6.61. The number of pyridine rings is 2. The highest BCUT2D eigenvalue weighted by Crippen LogP contribution is 2.57. The maximum absolute atomic E-state index is 6.61. The lowest BCUT2D eigenvalue weighted by atomic mass is 9.84. The van der Waals surface area contributed by atoms with Crippen molar-refractivity contribution in [3.05, 3.63) is 89.2 Å². The minimum Gasteiger partial charge on any atom is -0.452 e. The fourth-order valence-corrected chi connectivity index (χ4v) is 5.26. The number of anilines is 3. The molecular formula is C31H29N3O. The van der Waals surface area contributed by atoms with Crippen molar-refractivity contribution < 1.29 is 4.74 Å². The average molecular weight is 460 g/mol. The van der Waals surface area contributed by atoms with Crippen molar-refractivity contribution >= 4 is 38.9 Å². The van der Waals surface area contributed by atoms with E-state index in [1.807, 2.05) is 24.5 Å². The molecule has 5 aromatic rings. The molecule has 0 N–H and O–H groups in total. The second kappa shape index (κ2) is 7.54. The molecule has 0 amide bonds. The molecule has 3 aromatic carbocycles. The third-order valence-electron chi connectivity index (χ3n) is 6.96. The lowest BCUT2D eigenvalue weighted by Gasteiger charge is -2.37. The molecule has 174 valence electrons. The topological polar surface area (TPSA) is 38.3 Å². The summed E-state index contributed by atoms with van der Waals surface area (Å²) in [6.07, 6.45) is 3.71. The van der Waals surface area contributed by atoms with Crippen LogP contribution in [0.4, 0.5) is 17.1 Å². The average Bonchev–Trinajstić information content (AvgIpc) is 2.82. The molecule has 0 unspecified atom stereocenters. The van der Waals surface area contributed by atoms with Gasteiger partial charge in [-0.3, -0.25) is 14.9 Å². The summed E-state index contributed by atoms with van der Waals surface area (Å²) in [5.74, 6) is 1.65. The van der Waals surface area contributed by atoms with Crippen LogP contribution in [0, 0.1) is 20.8 Å². The first-order chi connectivity index (χ1) is 16.7. The molecule has 0 aliphatic carbocycles. The molecule has 4 nitrogen and oxygen atoms in total. The Kier molecular flexibility index (Phi) is 4.65. The Bertz CT molecular complexity index is 1620. The number of hydrogen-bond acceptors (Lipinski definition) is 4. The van der Waals surface area contributed by atoms with Crippen LogP contribution in [0.3, 0.4) is 0 Å². The van der Waals surface area contributed by atoms with E-state index in [9.17, 15) is 0 Å². The summed E-state index contributed by atoms with van der Waals surface area (Å²) < 4.78 is 6.61. The molecule has 4 heteroatoms. The highest BCUT2D eigenvalue weighted by molar-refractivity contribution is 6.08. The molecule has 0 atom stereocenters. The van der Waals surface area contributed by atoms with E-state index in [1.165, 1.54) is 16.7 Å². The smallest absolute Gasteiger partial charge is 0.156 e. The zero-order chi connectivity index (χ0) is 24.5. The third-order valence-corrected chi connectivity index (χ3v) is 6.96. The summed E-state index contributed by atoms with van der Waals surface area (Å²) in [7, 11) is 0. The second-order valence-corrected chi connectivity index (χ2v) is 10.6. The van der Waals surface area contributed by atoms with Gasteiger partial charge in [0.2, 0.25) is 0 Å². The first-order valence-corrected chi connectivity index (χ1v) is 12.1. The van der Waals surface area contributed by atoms with E-state index in [1.54, 1.807) is 0 Å². The quantitative estimate of drug-likeness (QED) is 0.247. The van der Waals surface area contributed by atoms with E-state index < -0.39 is 0 Å². The molecule has 0 saturated carbocycles. The first kappa shape index (κ1) is 21.6. The highest BCUT2D eigenvalue weighted by atomic mass is 16.5. The molecule has 1 aliphatic rings. The van der Waals surface area contributed by atoms with Gasteiger partial charge in [0.25, 0.3) is 0 Å². The summed E-state index contributed by atoms with van der Waals surface area (Å²) >= 11 is 0. The number of nitrogens with zero attached hydrogens (tertiary/aromatic N) is 3. The molecule has 35 heavy (non-hydrogen) atoms. The summed E-state index contributed by atoms with van der Waals surface area (Å²) in [5, 5.41) is 2.17. The van der Waals surface area contributed by atoms with Crippen LogP contribution in [-0.4, -0.2) is 9.97 Å². The van der Waals surface area contributed by atoms with Gasteiger partial charge in [-0.25, -0.2) is 0 Å². The van der Waals surface area contributed by atoms with Gasteiger partial charge in [0, 0.05) is 23.2 Å². The molecule has 3 heterocycles. The van der Waals surface area contributed by atoms with Crippen LogP contribution in [0.5, 0.6) is 11.5 Å². The van der Waals surface area contributed by atoms with Gasteiger partial charge < -0.3 is 4.74 Å². The lowest BCUT2D eigenvalue weighted by Crippen LogP contribution is -2.21. The van der Waals surface area contributed by atoms with Crippen LogP contribution >= 0.6 is 0 Å². The van der Waals surface area contributed by atoms with Crippen molar-refractivity contribution in [1.29, 1.82) is 0 Å². The molecule has 6 rings (SSSR count). The van der Waals surface area contributed by atoms with Gasteiger partial charge in [-0.05, 0) is 78.8 Å². The minimum atomic E-state index is 0.0635. The van der Waals surface area contributed by atoms with Crippen molar-refractivity contribution in [2.45, 2.75) is 47.0 Å². The molecule has 0 saturated heterocycles. The zero-order valence-corrected chi connectivity index (χ0v) is 21.1. The number of fused-ring (bicyclic) bond motifs is 6. The van der Waals surface area contributed by atoms with Gasteiger partial charge >= 0.3 is 0 Å². The van der Waals surface area contributed by atoms with Crippen LogP contribution in [0.25, 0.3) is 21.8 Å². The maximum Gasteiger partial charge on any atom is 0.156 e. The Morgan fingerprint density at radius 1 is 0.686 bits per heavy atom. The van der Waals surface area contributed by atoms with Crippen LogP contribution in [-0.2, 0) is 5.41 Å². The molecule has 0 spiro atoms. The molecule has 0 radical (unpaired) electrons. The number of rotatable bonds is 1. The predicted molar refractivity (Wildman–Crippen MR) is 145 cm³/mol. The predicted octanol–water partition coefficient (Wildman–Crippen LogP) is 8.58. The van der Waals surface area contributed by atoms with Gasteiger partial charge in [-0.2, -0.15) is 0 Å². The van der Waals surface area contributed by atoms with E-state index in [0.717, 1.165) is 55.9 Å². The van der Waals surface area contributed by atoms with Gasteiger partial charge in [-0.1, -0.05) is 45.0 Å². The Morgan fingerprint density at radius 3 is 1.97 bits per heavy atom. The van der Waals surface area contributed by atoms with Crippen molar-refractivity contribution in [1.82, 2.24) is 9.97 Å². The molecule has 0 fully saturated rings. The van der Waals surface area contributed by atoms with E-state index in [0.29, 0.717) is 0 Å². The highest BCUT2D eigenvalue weighted by Gasteiger charge is 2.34. The van der Waals surface area contributed by atoms with Crippen molar-refractivity contribution in [2.24, 2.45) is 0 Å². The monoisotopic (exact) mass is 459 g/mol. The summed E-state index contributed by atoms with van der Waals surface area (Å²) in [6, 6.07) is 19.1. The number of aryl methyl sites for hydroxylation is 3. The van der Waals surface area contributed by atoms with Crippen LogP contribution in [0.1, 0.15) is 43.0 Å². The van der Waals surface area contributed by atoms with Crippen molar-refractivity contribution in [3.8, 4) is 11.5 Å². The van der Waals surface area contributed by atoms with E-state index in [-0.39, 0.29) is 5.41 Å². The van der Waals surface area contributed by atoms with Gasteiger partial charge in [-0.15, -0.1) is 0 Å². The number of hydrogen-bond donors (Lipinski definition) is 0. The lowest BCUT2D eigenvalue weighted by molar-refractivity contribution is 0.474. The Balaban J connectivity index is 1.77. The number of ether oxygens (including phenoxy) is 1. The van der Waals surface area contributed by atoms with Crippen LogP contribution < -0.4 is 9.64 Å². The number of benzene rings is 3. The Morgan fingerprint density at radius 2 is 1.31 bits per heavy atom. The largest absolute Gasteiger partial charge is 0.452 e. The zero-order valence-electron chi connectivity index (χ0n) is 21.1. The fraction of sp³-hybridized carbons (Fsp3) is 0.226. The molecular weight excluding hydrogens is 430 g/mol. The second-order valence-electron chi connectivity index (χ2n) is 10.6. The SMILES string of the molecule is Cc1cc2cccnc2c2c1Oc1ccc3cccnc3c1N2c1c(C)cc(C(C)(C)C)cc1C. The number of aromatic nitrogens is 2. The summed E-state index contributed by atoms with van der Waals surface area (Å²) in [4.78, 5) is 12.0. The summed E-state index contributed by atoms with van der Waals surface area (Å²) in [6.45, 7) is 13.3. The molecule has 2 aromatic heterocycles. The minimum absolute atomic E-state index is 0.0635. The fourth-order valence-electron chi connectivity index (χ4n) is 5.26. The van der Waals surface area contributed by atoms with Gasteiger partial charge in [0.15, 0.2) is 11.5 Å². The van der Waals surface area contributed by atoms with Crippen LogP contribution in [0.2, 0.25) is 0 Å². The van der Waals surface area contributed by atoms with Crippen molar-refractivity contribution in [3.63, 3.8) is 0 Å². The Labute approximate surface area is 206 Å². The van der Waals surface area contributed by atoms with Gasteiger partial charge in [0.1, 0.15) is 11.4 Å². The molecule has 0 bridgehead atoms.